The molecule has 0 aromatic heterocycles. The van der Waals surface area contributed by atoms with Crippen LogP contribution in [0.25, 0.3) is 0 Å². The minimum Gasteiger partial charge on any atom is -0.394 e. The molecule has 1 aliphatic rings. The number of nitrogens with one attached hydrogen (secondary N) is 1. The lowest BCUT2D eigenvalue weighted by atomic mass is 9.99. The van der Waals surface area contributed by atoms with Crippen LogP contribution in [-0.4, -0.2) is 87.5 Å². The summed E-state index contributed by atoms with van der Waals surface area (Å²) >= 11 is 0. The highest BCUT2D eigenvalue weighted by Gasteiger charge is 2.44. The maximum absolute atomic E-state index is 13.0. The van der Waals surface area contributed by atoms with Gasteiger partial charge in [0.25, 0.3) is 0 Å². The van der Waals surface area contributed by atoms with Gasteiger partial charge in [-0.3, -0.25) is 4.79 Å². The van der Waals surface area contributed by atoms with Crippen molar-refractivity contribution in [2.45, 2.75) is 326 Å². The van der Waals surface area contributed by atoms with E-state index in [9.17, 15) is 30.3 Å². The van der Waals surface area contributed by atoms with E-state index in [1.807, 2.05) is 6.08 Å². The zero-order chi connectivity index (χ0) is 52.9. The Morgan fingerprint density at radius 2 is 0.822 bits per heavy atom. The van der Waals surface area contributed by atoms with Gasteiger partial charge in [-0.2, -0.15) is 0 Å². The van der Waals surface area contributed by atoms with Gasteiger partial charge < -0.3 is 40.3 Å². The number of rotatable bonds is 53. The van der Waals surface area contributed by atoms with Crippen LogP contribution in [0, 0.1) is 0 Å². The summed E-state index contributed by atoms with van der Waals surface area (Å²) < 4.78 is 11.3. The van der Waals surface area contributed by atoms with E-state index >= 15 is 0 Å². The van der Waals surface area contributed by atoms with E-state index in [1.54, 1.807) is 6.08 Å². The molecule has 1 saturated heterocycles. The average molecular weight is 1030 g/mol. The lowest BCUT2D eigenvalue weighted by Crippen LogP contribution is -2.60. The Balaban J connectivity index is 2.19. The van der Waals surface area contributed by atoms with Gasteiger partial charge in [-0.05, 0) is 77.0 Å². The van der Waals surface area contributed by atoms with Crippen molar-refractivity contribution in [2.24, 2.45) is 0 Å². The highest BCUT2D eigenvalue weighted by Crippen LogP contribution is 2.23. The van der Waals surface area contributed by atoms with E-state index < -0.39 is 49.5 Å². The van der Waals surface area contributed by atoms with E-state index in [0.29, 0.717) is 6.42 Å². The molecule has 426 valence electrons. The summed E-state index contributed by atoms with van der Waals surface area (Å²) in [6.45, 7) is 3.75. The Labute approximate surface area is 449 Å². The second kappa shape index (κ2) is 53.3. The Hall–Kier alpha value is -2.11. The fraction of sp³-hybridized carbons (Fsp3) is 0.828. The first-order chi connectivity index (χ1) is 35.8. The molecular weight excluding hydrogens is 911 g/mol. The minimum atomic E-state index is -1.58. The molecule has 1 aliphatic heterocycles. The van der Waals surface area contributed by atoms with Crippen LogP contribution in [0.1, 0.15) is 284 Å². The van der Waals surface area contributed by atoms with Crippen LogP contribution in [-0.2, 0) is 14.3 Å². The smallest absolute Gasteiger partial charge is 0.220 e. The number of carbonyl (C=O) groups is 1. The molecule has 6 N–H and O–H groups in total. The summed E-state index contributed by atoms with van der Waals surface area (Å²) in [5.41, 5.74) is 0. The Kier molecular flexibility index (Phi) is 50.3. The summed E-state index contributed by atoms with van der Waals surface area (Å²) in [7, 11) is 0. The molecule has 0 spiro atoms. The number of amides is 1. The first-order valence-corrected chi connectivity index (χ1v) is 31.0. The maximum atomic E-state index is 13.0. The molecule has 1 fully saturated rings. The molecule has 0 aromatic carbocycles. The average Bonchev–Trinajstić information content (AvgIpc) is 3.39. The van der Waals surface area contributed by atoms with E-state index in [-0.39, 0.29) is 12.5 Å². The van der Waals surface area contributed by atoms with Crippen LogP contribution in [0.4, 0.5) is 0 Å². The number of allylic oxidation sites excluding steroid dienone is 9. The van der Waals surface area contributed by atoms with Gasteiger partial charge in [0.15, 0.2) is 6.29 Å². The first kappa shape index (κ1) is 68.9. The number of aliphatic hydroxyl groups excluding tert-OH is 5. The summed E-state index contributed by atoms with van der Waals surface area (Å²) in [5.74, 6) is -0.199. The second-order valence-electron chi connectivity index (χ2n) is 21.5. The lowest BCUT2D eigenvalue weighted by Gasteiger charge is -2.40. The number of unbranched alkanes of at least 4 members (excludes halogenated alkanes) is 35. The summed E-state index contributed by atoms with van der Waals surface area (Å²) in [6.07, 6.45) is 66.0. The van der Waals surface area contributed by atoms with Gasteiger partial charge >= 0.3 is 0 Å². The Morgan fingerprint density at radius 3 is 1.26 bits per heavy atom. The molecule has 9 heteroatoms. The zero-order valence-electron chi connectivity index (χ0n) is 47.4. The van der Waals surface area contributed by atoms with E-state index in [2.05, 4.69) is 67.8 Å². The Bertz CT molecular complexity index is 1330. The van der Waals surface area contributed by atoms with Gasteiger partial charge in [0.05, 0.1) is 25.4 Å². The van der Waals surface area contributed by atoms with Gasteiger partial charge in [-0.1, -0.05) is 261 Å². The van der Waals surface area contributed by atoms with E-state index in [0.717, 1.165) is 64.2 Å². The first-order valence-electron chi connectivity index (χ1n) is 31.0. The summed E-state index contributed by atoms with van der Waals surface area (Å²) in [6, 6.07) is -0.836. The largest absolute Gasteiger partial charge is 0.394 e. The molecule has 1 rings (SSSR count). The predicted molar refractivity (Wildman–Crippen MR) is 309 cm³/mol. The van der Waals surface area contributed by atoms with E-state index in [4.69, 9.17) is 9.47 Å². The van der Waals surface area contributed by atoms with Crippen molar-refractivity contribution in [1.29, 1.82) is 0 Å². The second-order valence-corrected chi connectivity index (χ2v) is 21.5. The normalized spacial score (nSPS) is 19.5. The van der Waals surface area contributed by atoms with Gasteiger partial charge in [-0.15, -0.1) is 0 Å². The van der Waals surface area contributed by atoms with Gasteiger partial charge in [-0.25, -0.2) is 0 Å². The van der Waals surface area contributed by atoms with Crippen LogP contribution in [0.15, 0.2) is 60.8 Å². The van der Waals surface area contributed by atoms with Crippen LogP contribution < -0.4 is 5.32 Å². The number of ether oxygens (including phenoxy) is 2. The molecule has 0 saturated carbocycles. The third-order valence-electron chi connectivity index (χ3n) is 14.5. The molecule has 7 atom stereocenters. The minimum absolute atomic E-state index is 0.199. The van der Waals surface area contributed by atoms with Crippen LogP contribution in [0.2, 0.25) is 0 Å². The molecule has 0 aromatic rings. The number of carbonyl (C=O) groups excluding carboxylic acids is 1. The molecule has 0 radical (unpaired) electrons. The maximum Gasteiger partial charge on any atom is 0.220 e. The lowest BCUT2D eigenvalue weighted by molar-refractivity contribution is -0.302. The van der Waals surface area contributed by atoms with Gasteiger partial charge in [0, 0.05) is 6.42 Å². The quantitative estimate of drug-likeness (QED) is 0.0261. The highest BCUT2D eigenvalue weighted by molar-refractivity contribution is 5.76. The highest BCUT2D eigenvalue weighted by atomic mass is 16.7. The van der Waals surface area contributed by atoms with Crippen molar-refractivity contribution in [1.82, 2.24) is 5.32 Å². The van der Waals surface area contributed by atoms with Crippen molar-refractivity contribution >= 4 is 5.91 Å². The van der Waals surface area contributed by atoms with Crippen molar-refractivity contribution in [3.63, 3.8) is 0 Å². The van der Waals surface area contributed by atoms with E-state index in [1.165, 1.54) is 199 Å². The standard InChI is InChI=1S/C64H117NO8/c1-3-5-7-9-11-13-15-17-19-21-22-23-24-25-26-27-28-29-30-31-32-33-34-35-36-38-39-41-43-45-47-49-51-53-58(67)57(56-72-64-63(71)62(70)61(69)59(55-66)73-64)65-60(68)54-52-50-48-46-44-42-40-37-20-18-16-14-12-10-8-6-4-2/h12,14,18,20,36,38,43,45,51,53,57-59,61-64,66-67,69-71H,3-11,13,15-17,19,21-35,37,39-42,44,46-50,52,54-56H2,1-2H3,(H,65,68)/b14-12-,20-18-,38-36+,45-43+,53-51+. The fourth-order valence-electron chi connectivity index (χ4n) is 9.63. The van der Waals surface area contributed by atoms with Crippen LogP contribution in [0.3, 0.4) is 0 Å². The zero-order valence-corrected chi connectivity index (χ0v) is 47.4. The third-order valence-corrected chi connectivity index (χ3v) is 14.5. The molecule has 9 nitrogen and oxygen atoms in total. The van der Waals surface area contributed by atoms with Gasteiger partial charge in [0.1, 0.15) is 24.4 Å². The Morgan fingerprint density at radius 1 is 0.466 bits per heavy atom. The molecule has 73 heavy (non-hydrogen) atoms. The number of hydrogen-bond acceptors (Lipinski definition) is 8. The number of aliphatic hydroxyl groups is 5. The molecule has 0 bridgehead atoms. The summed E-state index contributed by atoms with van der Waals surface area (Å²) in [4.78, 5) is 13.0. The molecular formula is C64H117NO8. The van der Waals surface area contributed by atoms with Crippen molar-refractivity contribution in [2.75, 3.05) is 13.2 Å². The molecule has 7 unspecified atom stereocenters. The van der Waals surface area contributed by atoms with Crippen molar-refractivity contribution in [3.05, 3.63) is 60.8 Å². The fourth-order valence-corrected chi connectivity index (χ4v) is 9.63. The van der Waals surface area contributed by atoms with Gasteiger partial charge in [0.2, 0.25) is 5.91 Å². The van der Waals surface area contributed by atoms with Crippen molar-refractivity contribution < 1.29 is 39.8 Å². The van der Waals surface area contributed by atoms with Crippen LogP contribution in [0.5, 0.6) is 0 Å². The monoisotopic (exact) mass is 1030 g/mol. The molecule has 1 heterocycles. The third kappa shape index (κ3) is 42.7. The molecule has 1 amide bonds. The predicted octanol–water partition coefficient (Wildman–Crippen LogP) is 15.9. The topological polar surface area (TPSA) is 149 Å². The summed E-state index contributed by atoms with van der Waals surface area (Å²) in [5, 5.41) is 54.5. The van der Waals surface area contributed by atoms with Crippen LogP contribution >= 0.6 is 0 Å². The molecule has 0 aliphatic carbocycles. The van der Waals surface area contributed by atoms with Crippen molar-refractivity contribution in [3.8, 4) is 0 Å². The number of hydrogen-bond donors (Lipinski definition) is 6. The SMILES string of the molecule is CCCCC/C=C\C/C=C\CCCCCCCCCC(=O)NC(COC1OC(CO)C(O)C(O)C1O)C(O)/C=C/CC/C=C/CC/C=C/CCCCCCCCCCCCCCCCCCCCCCCCC.